The van der Waals surface area contributed by atoms with Crippen LogP contribution in [0, 0.1) is 5.92 Å². The number of hydrogen-bond acceptors (Lipinski definition) is 4. The van der Waals surface area contributed by atoms with Gasteiger partial charge in [-0.05, 0) is 38.0 Å². The average molecular weight is 274 g/mol. The molecule has 4 nitrogen and oxygen atoms in total. The maximum Gasteiger partial charge on any atom is 0.134 e. The first kappa shape index (κ1) is 13.7. The summed E-state index contributed by atoms with van der Waals surface area (Å²) in [5, 5.41) is 3.41. The van der Waals surface area contributed by atoms with Gasteiger partial charge in [0.25, 0.3) is 0 Å². The highest BCUT2D eigenvalue weighted by Crippen LogP contribution is 2.37. The van der Waals surface area contributed by atoms with E-state index in [4.69, 9.17) is 4.98 Å². The zero-order valence-corrected chi connectivity index (χ0v) is 12.7. The van der Waals surface area contributed by atoms with Crippen LogP contribution in [0.1, 0.15) is 51.8 Å². The third-order valence-electron chi connectivity index (χ3n) is 4.07. The number of anilines is 2. The van der Waals surface area contributed by atoms with Crippen LogP contribution in [0.25, 0.3) is 0 Å². The van der Waals surface area contributed by atoms with Gasteiger partial charge in [0.05, 0.1) is 0 Å². The Morgan fingerprint density at radius 1 is 1.20 bits per heavy atom. The number of nitrogens with zero attached hydrogens (tertiary/aromatic N) is 3. The maximum absolute atomic E-state index is 4.78. The van der Waals surface area contributed by atoms with E-state index in [1.54, 1.807) is 0 Å². The first-order valence-corrected chi connectivity index (χ1v) is 8.18. The molecular formula is C16H26N4. The predicted octanol–water partition coefficient (Wildman–Crippen LogP) is 3.24. The normalized spacial score (nSPS) is 18.1. The van der Waals surface area contributed by atoms with Crippen molar-refractivity contribution < 1.29 is 0 Å². The summed E-state index contributed by atoms with van der Waals surface area (Å²) in [6.45, 7) is 6.48. The Morgan fingerprint density at radius 3 is 2.60 bits per heavy atom. The smallest absolute Gasteiger partial charge is 0.134 e. The van der Waals surface area contributed by atoms with E-state index in [2.05, 4.69) is 35.1 Å². The van der Waals surface area contributed by atoms with Gasteiger partial charge in [-0.2, -0.15) is 0 Å². The van der Waals surface area contributed by atoms with Crippen molar-refractivity contribution in [1.29, 1.82) is 0 Å². The summed E-state index contributed by atoms with van der Waals surface area (Å²) >= 11 is 0. The molecule has 2 saturated carbocycles. The molecule has 0 amide bonds. The molecule has 0 spiro atoms. The van der Waals surface area contributed by atoms with Crippen LogP contribution in [-0.4, -0.2) is 29.1 Å². The molecule has 0 radical (unpaired) electrons. The highest BCUT2D eigenvalue weighted by atomic mass is 15.2. The van der Waals surface area contributed by atoms with Crippen molar-refractivity contribution in [2.45, 2.75) is 58.4 Å². The van der Waals surface area contributed by atoms with Crippen molar-refractivity contribution in [3.8, 4) is 0 Å². The summed E-state index contributed by atoms with van der Waals surface area (Å²) in [7, 11) is 0. The molecule has 0 aliphatic heterocycles. The molecule has 1 heterocycles. The van der Waals surface area contributed by atoms with Crippen LogP contribution in [-0.2, 0) is 6.42 Å². The van der Waals surface area contributed by atoms with Crippen LogP contribution >= 0.6 is 0 Å². The Balaban J connectivity index is 1.80. The molecule has 1 aromatic heterocycles. The van der Waals surface area contributed by atoms with E-state index >= 15 is 0 Å². The van der Waals surface area contributed by atoms with Crippen molar-refractivity contribution in [2.24, 2.45) is 5.92 Å². The average Bonchev–Trinajstić information content (AvgIpc) is 3.35. The highest BCUT2D eigenvalue weighted by molar-refractivity contribution is 5.51. The Hall–Kier alpha value is -1.32. The van der Waals surface area contributed by atoms with Crippen LogP contribution in [0.4, 0.5) is 11.6 Å². The molecule has 110 valence electrons. The minimum atomic E-state index is 0.731. The summed E-state index contributed by atoms with van der Waals surface area (Å²) in [5.41, 5.74) is 0. The van der Waals surface area contributed by atoms with Gasteiger partial charge in [-0.15, -0.1) is 0 Å². The van der Waals surface area contributed by atoms with E-state index in [1.165, 1.54) is 32.2 Å². The molecule has 1 aromatic rings. The molecule has 0 bridgehead atoms. The lowest BCUT2D eigenvalue weighted by atomic mass is 10.3. The quantitative estimate of drug-likeness (QED) is 0.790. The summed E-state index contributed by atoms with van der Waals surface area (Å²) in [4.78, 5) is 11.9. The molecule has 1 N–H and O–H groups in total. The van der Waals surface area contributed by atoms with Gasteiger partial charge in [0.15, 0.2) is 0 Å². The number of aromatic nitrogens is 2. The third kappa shape index (κ3) is 3.41. The number of nitrogens with one attached hydrogen (secondary N) is 1. The van der Waals surface area contributed by atoms with E-state index in [0.717, 1.165) is 48.8 Å². The minimum Gasteiger partial charge on any atom is -0.370 e. The van der Waals surface area contributed by atoms with E-state index in [9.17, 15) is 0 Å². The monoisotopic (exact) mass is 274 g/mol. The second-order valence-corrected chi connectivity index (χ2v) is 6.13. The number of hydrogen-bond donors (Lipinski definition) is 1. The van der Waals surface area contributed by atoms with Crippen molar-refractivity contribution in [3.05, 3.63) is 11.9 Å². The molecule has 20 heavy (non-hydrogen) atoms. The zero-order valence-electron chi connectivity index (χ0n) is 12.7. The molecule has 0 saturated heterocycles. The first-order chi connectivity index (χ1) is 9.80. The summed E-state index contributed by atoms with van der Waals surface area (Å²) in [6.07, 6.45) is 7.48. The van der Waals surface area contributed by atoms with Gasteiger partial charge < -0.3 is 10.2 Å². The lowest BCUT2D eigenvalue weighted by Gasteiger charge is -2.24. The fourth-order valence-electron chi connectivity index (χ4n) is 2.53. The van der Waals surface area contributed by atoms with Crippen molar-refractivity contribution in [1.82, 2.24) is 9.97 Å². The van der Waals surface area contributed by atoms with Crippen LogP contribution in [0.15, 0.2) is 6.07 Å². The molecule has 4 heteroatoms. The third-order valence-corrected chi connectivity index (χ3v) is 4.07. The van der Waals surface area contributed by atoms with Gasteiger partial charge in [0.2, 0.25) is 0 Å². The van der Waals surface area contributed by atoms with Crippen LogP contribution in [0.3, 0.4) is 0 Å². The summed E-state index contributed by atoms with van der Waals surface area (Å²) in [6, 6.07) is 2.88. The van der Waals surface area contributed by atoms with Crippen molar-refractivity contribution >= 4 is 11.6 Å². The van der Waals surface area contributed by atoms with E-state index in [1.807, 2.05) is 0 Å². The topological polar surface area (TPSA) is 41.0 Å². The molecule has 2 aliphatic carbocycles. The van der Waals surface area contributed by atoms with Crippen LogP contribution in [0.2, 0.25) is 0 Å². The van der Waals surface area contributed by atoms with Crippen molar-refractivity contribution in [2.75, 3.05) is 23.3 Å². The van der Waals surface area contributed by atoms with E-state index in [-0.39, 0.29) is 0 Å². The fraction of sp³-hybridized carbons (Fsp3) is 0.750. The van der Waals surface area contributed by atoms with Gasteiger partial charge >= 0.3 is 0 Å². The molecule has 0 unspecified atom stereocenters. The van der Waals surface area contributed by atoms with Crippen molar-refractivity contribution in [3.63, 3.8) is 0 Å². The Morgan fingerprint density at radius 2 is 2.00 bits per heavy atom. The molecule has 0 atom stereocenters. The maximum atomic E-state index is 4.78. The zero-order chi connectivity index (χ0) is 13.9. The fourth-order valence-corrected chi connectivity index (χ4v) is 2.53. The molecule has 3 rings (SSSR count). The largest absolute Gasteiger partial charge is 0.370 e. The minimum absolute atomic E-state index is 0.731. The second-order valence-electron chi connectivity index (χ2n) is 6.13. The highest BCUT2D eigenvalue weighted by Gasteiger charge is 2.34. The lowest BCUT2D eigenvalue weighted by Crippen LogP contribution is -2.29. The number of rotatable bonds is 8. The molecule has 2 fully saturated rings. The first-order valence-electron chi connectivity index (χ1n) is 8.18. The van der Waals surface area contributed by atoms with E-state index in [0.29, 0.717) is 0 Å². The number of aryl methyl sites for hydroxylation is 1. The Bertz CT molecular complexity index is 452. The van der Waals surface area contributed by atoms with Gasteiger partial charge in [0.1, 0.15) is 17.5 Å². The second kappa shape index (κ2) is 5.98. The SMILES string of the molecule is CCCNc1cc(N(CC2CC2)C2CC2)nc(CC)n1. The molecule has 2 aliphatic rings. The molecule has 0 aromatic carbocycles. The standard InChI is InChI=1S/C16H26N4/c1-3-9-17-15-10-16(19-14(4-2)18-15)20(13-7-8-13)11-12-5-6-12/h10,12-13H,3-9,11H2,1-2H3,(H,17,18,19). The Kier molecular flexibility index (Phi) is 4.08. The summed E-state index contributed by atoms with van der Waals surface area (Å²) in [5.74, 6) is 4.00. The summed E-state index contributed by atoms with van der Waals surface area (Å²) < 4.78 is 0. The van der Waals surface area contributed by atoms with Gasteiger partial charge in [-0.1, -0.05) is 13.8 Å². The molecular weight excluding hydrogens is 248 g/mol. The van der Waals surface area contributed by atoms with Gasteiger partial charge in [-0.3, -0.25) is 0 Å². The Labute approximate surface area is 122 Å². The van der Waals surface area contributed by atoms with Crippen LogP contribution in [0.5, 0.6) is 0 Å². The van der Waals surface area contributed by atoms with Crippen LogP contribution < -0.4 is 10.2 Å². The predicted molar refractivity (Wildman–Crippen MR) is 83.3 cm³/mol. The van der Waals surface area contributed by atoms with Gasteiger partial charge in [0, 0.05) is 31.6 Å². The van der Waals surface area contributed by atoms with E-state index < -0.39 is 0 Å². The van der Waals surface area contributed by atoms with Gasteiger partial charge in [-0.25, -0.2) is 9.97 Å². The lowest BCUT2D eigenvalue weighted by molar-refractivity contribution is 0.703.